The van der Waals surface area contributed by atoms with Crippen LogP contribution < -0.4 is 14.8 Å². The minimum absolute atomic E-state index is 0.127. The summed E-state index contributed by atoms with van der Waals surface area (Å²) in [4.78, 5) is 41.9. The molecule has 0 aliphatic carbocycles. The lowest BCUT2D eigenvalue weighted by molar-refractivity contribution is -0.594. The van der Waals surface area contributed by atoms with E-state index in [2.05, 4.69) is 34.5 Å². The predicted octanol–water partition coefficient (Wildman–Crippen LogP) is 6.45. The quantitative estimate of drug-likeness (QED) is 0.158. The van der Waals surface area contributed by atoms with Gasteiger partial charge in [0.05, 0.1) is 16.9 Å². The van der Waals surface area contributed by atoms with E-state index in [0.717, 1.165) is 37.7 Å². The van der Waals surface area contributed by atoms with E-state index in [1.165, 1.54) is 11.3 Å². The second-order valence-electron chi connectivity index (χ2n) is 12.0. The topological polar surface area (TPSA) is 102 Å². The number of nitrogens with zero attached hydrogens (tertiary/aromatic N) is 7. The third kappa shape index (κ3) is 6.92. The lowest BCUT2D eigenvalue weighted by atomic mass is 10.2. The number of amides is 2. The Labute approximate surface area is 292 Å². The molecule has 12 heteroatoms. The van der Waals surface area contributed by atoms with Crippen molar-refractivity contribution >= 4 is 49.8 Å². The van der Waals surface area contributed by atoms with Crippen LogP contribution in [0.3, 0.4) is 0 Å². The maximum absolute atomic E-state index is 13.6. The van der Waals surface area contributed by atoms with E-state index in [-0.39, 0.29) is 11.8 Å². The monoisotopic (exact) mass is 687 g/mol. The van der Waals surface area contributed by atoms with Gasteiger partial charge in [0.25, 0.3) is 11.8 Å². The number of rotatable bonds is 11. The number of nitrogens with one attached hydrogen (secondary N) is 1. The molecule has 2 amide bonds. The first-order valence-electron chi connectivity index (χ1n) is 15.9. The number of para-hydroxylation sites is 1. The summed E-state index contributed by atoms with van der Waals surface area (Å²) in [6.45, 7) is 5.75. The number of anilines is 1. The first-order valence-corrected chi connectivity index (χ1v) is 17.6. The molecule has 0 aliphatic rings. The zero-order valence-corrected chi connectivity index (χ0v) is 29.0. The van der Waals surface area contributed by atoms with Crippen LogP contribution in [0.25, 0.3) is 15.9 Å². The Hall–Kier alpha value is -5.46. The first kappa shape index (κ1) is 32.1. The highest BCUT2D eigenvalue weighted by atomic mass is 32.1. The molecule has 0 saturated carbocycles. The van der Waals surface area contributed by atoms with Gasteiger partial charge in [-0.25, -0.2) is 9.97 Å². The molecular weight excluding hydrogens is 653 g/mol. The Morgan fingerprint density at radius 2 is 1.57 bits per heavy atom. The SMILES string of the molecule is CC(C)c1csc(CNC(=O)c2cccn2Cc2cc[n+](-c3cccc4sc(N(C)C(=O)c5cccn5Cc5ccncc5)nc34)cc2)n1. The van der Waals surface area contributed by atoms with Crippen molar-refractivity contribution in [1.29, 1.82) is 0 Å². The number of hydrogen-bond donors (Lipinski definition) is 1. The molecule has 7 aromatic rings. The standard InChI is InChI=1S/C37H34N8O2S2/c1-25(2)28-24-48-33(40-28)21-39-35(46)30-8-5-17-44(30)23-27-13-19-43(20-14-27)29-7-4-10-32-34(29)41-37(49-32)42(3)36(47)31-9-6-18-45(31)22-26-11-15-38-16-12-26/h4-20,24-25H,21-23H2,1-3H3/p+1. The van der Waals surface area contributed by atoms with E-state index in [4.69, 9.17) is 4.98 Å². The van der Waals surface area contributed by atoms with Gasteiger partial charge in [0, 0.05) is 68.5 Å². The molecule has 0 unspecified atom stereocenters. The first-order chi connectivity index (χ1) is 23.8. The van der Waals surface area contributed by atoms with Crippen molar-refractivity contribution in [3.05, 3.63) is 143 Å². The van der Waals surface area contributed by atoms with Gasteiger partial charge in [-0.2, -0.15) is 4.57 Å². The normalized spacial score (nSPS) is 11.3. The molecule has 0 radical (unpaired) electrons. The molecule has 7 rings (SSSR count). The Bertz CT molecular complexity index is 2230. The summed E-state index contributed by atoms with van der Waals surface area (Å²) in [5, 5.41) is 6.59. The van der Waals surface area contributed by atoms with E-state index < -0.39 is 0 Å². The number of carbonyl (C=O) groups excluding carboxylic acids is 2. The summed E-state index contributed by atoms with van der Waals surface area (Å²) in [5.41, 5.74) is 6.08. The van der Waals surface area contributed by atoms with Crippen molar-refractivity contribution < 1.29 is 14.2 Å². The summed E-state index contributed by atoms with van der Waals surface area (Å²) in [7, 11) is 1.77. The molecule has 10 nitrogen and oxygen atoms in total. The van der Waals surface area contributed by atoms with E-state index in [0.29, 0.717) is 42.1 Å². The molecule has 1 aromatic carbocycles. The maximum Gasteiger partial charge on any atom is 0.276 e. The summed E-state index contributed by atoms with van der Waals surface area (Å²) < 4.78 is 6.90. The molecule has 6 aromatic heterocycles. The summed E-state index contributed by atoms with van der Waals surface area (Å²) in [6.07, 6.45) is 11.3. The van der Waals surface area contributed by atoms with Crippen molar-refractivity contribution in [3.8, 4) is 5.69 Å². The van der Waals surface area contributed by atoms with Crippen LogP contribution in [0.2, 0.25) is 0 Å². The Balaban J connectivity index is 1.04. The predicted molar refractivity (Wildman–Crippen MR) is 193 cm³/mol. The summed E-state index contributed by atoms with van der Waals surface area (Å²) in [5.74, 6) is 0.104. The molecular formula is C37H35N8O2S2+. The fraction of sp³-hybridized carbons (Fsp3) is 0.189. The number of thiazole rings is 2. The van der Waals surface area contributed by atoms with Crippen molar-refractivity contribution in [2.24, 2.45) is 0 Å². The second-order valence-corrected chi connectivity index (χ2v) is 14.0. The van der Waals surface area contributed by atoms with Crippen LogP contribution in [-0.2, 0) is 19.6 Å². The van der Waals surface area contributed by atoms with Gasteiger partial charge in [-0.15, -0.1) is 11.3 Å². The lowest BCUT2D eigenvalue weighted by Crippen LogP contribution is -2.30. The van der Waals surface area contributed by atoms with E-state index in [1.807, 2.05) is 105 Å². The Morgan fingerprint density at radius 3 is 2.29 bits per heavy atom. The van der Waals surface area contributed by atoms with Gasteiger partial charge in [-0.1, -0.05) is 31.3 Å². The zero-order valence-electron chi connectivity index (χ0n) is 27.4. The van der Waals surface area contributed by atoms with Crippen molar-refractivity contribution in [2.45, 2.75) is 39.4 Å². The minimum atomic E-state index is -0.131. The molecule has 49 heavy (non-hydrogen) atoms. The van der Waals surface area contributed by atoms with E-state index >= 15 is 0 Å². The lowest BCUT2D eigenvalue weighted by Gasteiger charge is -2.15. The molecule has 0 bridgehead atoms. The molecule has 6 heterocycles. The van der Waals surface area contributed by atoms with Crippen LogP contribution in [0.15, 0.2) is 109 Å². The number of hydrogen-bond acceptors (Lipinski definition) is 7. The van der Waals surface area contributed by atoms with Crippen LogP contribution >= 0.6 is 22.7 Å². The van der Waals surface area contributed by atoms with Gasteiger partial charge in [-0.05, 0) is 59.5 Å². The highest BCUT2D eigenvalue weighted by Crippen LogP contribution is 2.31. The molecule has 0 aliphatic heterocycles. The van der Waals surface area contributed by atoms with Crippen LogP contribution in [0.5, 0.6) is 0 Å². The smallest absolute Gasteiger partial charge is 0.276 e. The molecule has 1 N–H and O–H groups in total. The summed E-state index contributed by atoms with van der Waals surface area (Å²) in [6, 6.07) is 21.5. The average Bonchev–Trinajstić information content (AvgIpc) is 3.94. The third-order valence-electron chi connectivity index (χ3n) is 8.28. The number of aromatic nitrogens is 6. The number of pyridine rings is 2. The molecule has 0 fully saturated rings. The minimum Gasteiger partial charge on any atom is -0.344 e. The van der Waals surface area contributed by atoms with Crippen LogP contribution in [0.1, 0.15) is 62.6 Å². The second kappa shape index (κ2) is 14.0. The van der Waals surface area contributed by atoms with Crippen LogP contribution in [-0.4, -0.2) is 42.9 Å². The highest BCUT2D eigenvalue weighted by Gasteiger charge is 2.23. The fourth-order valence-electron chi connectivity index (χ4n) is 5.56. The van der Waals surface area contributed by atoms with Gasteiger partial charge in [0.15, 0.2) is 23.0 Å². The van der Waals surface area contributed by atoms with E-state index in [9.17, 15) is 9.59 Å². The molecule has 0 saturated heterocycles. The van der Waals surface area contributed by atoms with Crippen molar-refractivity contribution in [2.75, 3.05) is 11.9 Å². The molecule has 0 spiro atoms. The highest BCUT2D eigenvalue weighted by molar-refractivity contribution is 7.22. The number of benzene rings is 1. The number of carbonyl (C=O) groups is 2. The average molecular weight is 688 g/mol. The molecule has 246 valence electrons. The Morgan fingerprint density at radius 1 is 0.878 bits per heavy atom. The zero-order chi connectivity index (χ0) is 33.9. The number of fused-ring (bicyclic) bond motifs is 1. The van der Waals surface area contributed by atoms with Crippen molar-refractivity contribution in [1.82, 2.24) is 29.4 Å². The third-order valence-corrected chi connectivity index (χ3v) is 10.2. The fourth-order valence-corrected chi connectivity index (χ4v) is 7.40. The van der Waals surface area contributed by atoms with E-state index in [1.54, 1.807) is 35.7 Å². The van der Waals surface area contributed by atoms with Gasteiger partial charge in [0.1, 0.15) is 16.4 Å². The van der Waals surface area contributed by atoms with Gasteiger partial charge < -0.3 is 14.5 Å². The van der Waals surface area contributed by atoms with Crippen molar-refractivity contribution in [3.63, 3.8) is 0 Å². The van der Waals surface area contributed by atoms with Gasteiger partial charge >= 0.3 is 0 Å². The van der Waals surface area contributed by atoms with Crippen LogP contribution in [0.4, 0.5) is 5.13 Å². The largest absolute Gasteiger partial charge is 0.344 e. The van der Waals surface area contributed by atoms with Gasteiger partial charge in [-0.3, -0.25) is 19.5 Å². The van der Waals surface area contributed by atoms with Gasteiger partial charge in [0.2, 0.25) is 5.69 Å². The maximum atomic E-state index is 13.6. The summed E-state index contributed by atoms with van der Waals surface area (Å²) >= 11 is 3.05. The van der Waals surface area contributed by atoms with Crippen LogP contribution in [0, 0.1) is 0 Å². The molecule has 0 atom stereocenters. The Kier molecular flexibility index (Phi) is 9.14.